The number of methoxy groups -OCH3 is 1. The summed E-state index contributed by atoms with van der Waals surface area (Å²) in [6.45, 7) is 0. The van der Waals surface area contributed by atoms with Gasteiger partial charge in [-0.3, -0.25) is 0 Å². The Morgan fingerprint density at radius 1 is 1.24 bits per heavy atom. The molecular weight excluding hydrogens is 280 g/mol. The lowest BCUT2D eigenvalue weighted by molar-refractivity contribution is 0.0600. The van der Waals surface area contributed by atoms with E-state index in [-0.39, 0.29) is 5.97 Å². The minimum atomic E-state index is -0.258. The van der Waals surface area contributed by atoms with Crippen LogP contribution < -0.4 is 0 Å². The second kappa shape index (κ2) is 5.50. The van der Waals surface area contributed by atoms with Crippen LogP contribution in [0.25, 0.3) is 0 Å². The van der Waals surface area contributed by atoms with Gasteiger partial charge in [0.05, 0.1) is 12.7 Å². The van der Waals surface area contributed by atoms with Crippen LogP contribution in [0.15, 0.2) is 28.8 Å². The average Bonchev–Trinajstić information content (AvgIpc) is 2.33. The quantitative estimate of drug-likeness (QED) is 0.740. The number of aryl methyl sites for hydroxylation is 2. The molecule has 0 N–H and O–H groups in total. The van der Waals surface area contributed by atoms with Crippen molar-refractivity contribution in [2.24, 2.45) is 0 Å². The summed E-state index contributed by atoms with van der Waals surface area (Å²) in [5.74, 6) is -0.258. The molecule has 1 aromatic rings. The monoisotopic (exact) mass is 294 g/mol. The number of benzene rings is 1. The van der Waals surface area contributed by atoms with E-state index < -0.39 is 0 Å². The highest BCUT2D eigenvalue weighted by Crippen LogP contribution is 2.24. The lowest BCUT2D eigenvalue weighted by Crippen LogP contribution is -2.05. The number of hydrogen-bond acceptors (Lipinski definition) is 2. The number of carbonyl (C=O) groups is 1. The van der Waals surface area contributed by atoms with Gasteiger partial charge in [0.2, 0.25) is 0 Å². The number of ether oxygens (including phenoxy) is 1. The minimum absolute atomic E-state index is 0.258. The van der Waals surface area contributed by atoms with Crippen molar-refractivity contribution in [2.45, 2.75) is 25.7 Å². The highest BCUT2D eigenvalue weighted by atomic mass is 79.9. The van der Waals surface area contributed by atoms with Crippen LogP contribution in [0.5, 0.6) is 0 Å². The molecule has 0 amide bonds. The van der Waals surface area contributed by atoms with Gasteiger partial charge in [-0.15, -0.1) is 0 Å². The molecule has 0 aromatic heterocycles. The predicted octanol–water partition coefficient (Wildman–Crippen LogP) is 3.63. The molecule has 0 bridgehead atoms. The van der Waals surface area contributed by atoms with E-state index in [1.165, 1.54) is 22.7 Å². The Balaban J connectivity index is 2.28. The summed E-state index contributed by atoms with van der Waals surface area (Å²) < 4.78 is 6.02. The van der Waals surface area contributed by atoms with E-state index in [0.717, 1.165) is 25.7 Å². The molecule has 0 unspecified atom stereocenters. The van der Waals surface area contributed by atoms with Crippen molar-refractivity contribution in [1.29, 1.82) is 0 Å². The molecule has 1 aliphatic carbocycles. The van der Waals surface area contributed by atoms with Crippen LogP contribution in [-0.2, 0) is 17.6 Å². The molecule has 3 heteroatoms. The smallest absolute Gasteiger partial charge is 0.337 e. The molecule has 1 aliphatic rings. The number of fused-ring (bicyclic) bond motifs is 1. The molecule has 0 saturated heterocycles. The van der Waals surface area contributed by atoms with Gasteiger partial charge in [0.25, 0.3) is 0 Å². The summed E-state index contributed by atoms with van der Waals surface area (Å²) in [7, 11) is 1.42. The lowest BCUT2D eigenvalue weighted by Gasteiger charge is -2.13. The van der Waals surface area contributed by atoms with Crippen LogP contribution in [-0.4, -0.2) is 13.1 Å². The summed E-state index contributed by atoms with van der Waals surface area (Å²) in [6, 6.07) is 5.87. The molecule has 1 aromatic carbocycles. The third-order valence-corrected chi connectivity index (χ3v) is 3.76. The number of esters is 1. The number of rotatable bonds is 1. The second-order valence-corrected chi connectivity index (χ2v) is 5.18. The van der Waals surface area contributed by atoms with Crippen molar-refractivity contribution in [3.8, 4) is 0 Å². The summed E-state index contributed by atoms with van der Waals surface area (Å²) in [5, 5.41) is 0. The van der Waals surface area contributed by atoms with Crippen molar-refractivity contribution >= 4 is 21.9 Å². The third kappa shape index (κ3) is 2.97. The number of allylic oxidation sites excluding steroid dienone is 2. The Kier molecular flexibility index (Phi) is 4.00. The van der Waals surface area contributed by atoms with Crippen LogP contribution in [0.3, 0.4) is 0 Å². The van der Waals surface area contributed by atoms with Gasteiger partial charge in [-0.05, 0) is 53.4 Å². The molecule has 2 nitrogen and oxygen atoms in total. The fourth-order valence-corrected chi connectivity index (χ4v) is 2.51. The second-order valence-electron chi connectivity index (χ2n) is 4.16. The van der Waals surface area contributed by atoms with Crippen LogP contribution in [0.2, 0.25) is 0 Å². The zero-order chi connectivity index (χ0) is 12.3. The maximum Gasteiger partial charge on any atom is 0.337 e. The fraction of sp³-hybridized carbons (Fsp3) is 0.357. The molecule has 0 heterocycles. The van der Waals surface area contributed by atoms with Crippen molar-refractivity contribution in [3.63, 3.8) is 0 Å². The van der Waals surface area contributed by atoms with Crippen molar-refractivity contribution < 1.29 is 9.53 Å². The van der Waals surface area contributed by atoms with Gasteiger partial charge in [0.15, 0.2) is 0 Å². The lowest BCUT2D eigenvalue weighted by atomic mass is 9.94. The first kappa shape index (κ1) is 12.4. The van der Waals surface area contributed by atoms with E-state index in [9.17, 15) is 4.79 Å². The third-order valence-electron chi connectivity index (χ3n) is 3.04. The first-order valence-corrected chi connectivity index (χ1v) is 6.54. The van der Waals surface area contributed by atoms with Gasteiger partial charge in [-0.1, -0.05) is 28.1 Å². The van der Waals surface area contributed by atoms with Crippen molar-refractivity contribution in [1.82, 2.24) is 0 Å². The number of halogens is 1. The molecule has 0 radical (unpaired) electrons. The van der Waals surface area contributed by atoms with E-state index in [0.29, 0.717) is 5.56 Å². The van der Waals surface area contributed by atoms with Crippen LogP contribution in [0, 0.1) is 0 Å². The molecule has 0 aliphatic heterocycles. The van der Waals surface area contributed by atoms with E-state index in [1.54, 1.807) is 0 Å². The Morgan fingerprint density at radius 2 is 2.06 bits per heavy atom. The van der Waals surface area contributed by atoms with Gasteiger partial charge in [-0.25, -0.2) is 4.79 Å². The first-order valence-electron chi connectivity index (χ1n) is 5.75. The maximum absolute atomic E-state index is 11.5. The average molecular weight is 295 g/mol. The van der Waals surface area contributed by atoms with E-state index in [1.807, 2.05) is 18.2 Å². The van der Waals surface area contributed by atoms with Gasteiger partial charge in [0.1, 0.15) is 0 Å². The van der Waals surface area contributed by atoms with Crippen LogP contribution in [0.1, 0.15) is 34.3 Å². The normalized spacial score (nSPS) is 18.4. The summed E-state index contributed by atoms with van der Waals surface area (Å²) in [4.78, 5) is 11.5. The molecule has 0 atom stereocenters. The topological polar surface area (TPSA) is 26.3 Å². The van der Waals surface area contributed by atoms with Gasteiger partial charge in [-0.2, -0.15) is 0 Å². The minimum Gasteiger partial charge on any atom is -0.465 e. The highest BCUT2D eigenvalue weighted by Gasteiger charge is 2.11. The van der Waals surface area contributed by atoms with E-state index in [2.05, 4.69) is 22.0 Å². The fourth-order valence-electron chi connectivity index (χ4n) is 2.09. The summed E-state index contributed by atoms with van der Waals surface area (Å²) >= 11 is 3.56. The molecule has 0 fully saturated rings. The Morgan fingerprint density at radius 3 is 2.82 bits per heavy atom. The maximum atomic E-state index is 11.5. The van der Waals surface area contributed by atoms with Crippen LogP contribution in [0.4, 0.5) is 0 Å². The summed E-state index contributed by atoms with van der Waals surface area (Å²) in [5.41, 5.74) is 3.25. The highest BCUT2D eigenvalue weighted by molar-refractivity contribution is 9.11. The Bertz CT molecular complexity index is 463. The Hall–Kier alpha value is -1.09. The molecule has 90 valence electrons. The van der Waals surface area contributed by atoms with Gasteiger partial charge < -0.3 is 4.74 Å². The van der Waals surface area contributed by atoms with E-state index in [4.69, 9.17) is 4.74 Å². The van der Waals surface area contributed by atoms with Gasteiger partial charge >= 0.3 is 5.97 Å². The molecule has 2 rings (SSSR count). The van der Waals surface area contributed by atoms with Crippen molar-refractivity contribution in [3.05, 3.63) is 45.4 Å². The molecule has 0 spiro atoms. The van der Waals surface area contributed by atoms with Gasteiger partial charge in [0, 0.05) is 0 Å². The molecule has 0 saturated carbocycles. The van der Waals surface area contributed by atoms with Crippen LogP contribution >= 0.6 is 15.9 Å². The molecule has 17 heavy (non-hydrogen) atoms. The number of carbonyl (C=O) groups excluding carboxylic acids is 1. The zero-order valence-electron chi connectivity index (χ0n) is 9.83. The summed E-state index contributed by atoms with van der Waals surface area (Å²) in [6.07, 6.45) is 6.26. The first-order chi connectivity index (χ1) is 8.20. The zero-order valence-corrected chi connectivity index (χ0v) is 11.4. The number of hydrogen-bond donors (Lipinski definition) is 0. The SMILES string of the molecule is COC(=O)c1ccc2c(c1)CC/C=C(/Br)CC2. The largest absolute Gasteiger partial charge is 0.465 e. The standard InChI is InChI=1S/C14H15BrO2/c1-17-14(16)12-6-5-10-7-8-13(15)4-2-3-11(10)9-12/h4-6,9H,2-3,7-8H2,1H3/b13-4+. The predicted molar refractivity (Wildman–Crippen MR) is 71.4 cm³/mol. The Labute approximate surface area is 110 Å². The van der Waals surface area contributed by atoms with E-state index >= 15 is 0 Å². The van der Waals surface area contributed by atoms with Crippen molar-refractivity contribution in [2.75, 3.05) is 7.11 Å². The molecular formula is C14H15BrO2.